The molecule has 0 radical (unpaired) electrons. The molecule has 0 aliphatic carbocycles. The van der Waals surface area contributed by atoms with E-state index < -0.39 is 41.2 Å². The Morgan fingerprint density at radius 2 is 2.14 bits per heavy atom. The zero-order valence-electron chi connectivity index (χ0n) is 15.9. The summed E-state index contributed by atoms with van der Waals surface area (Å²) in [7, 11) is 0. The van der Waals surface area contributed by atoms with Crippen molar-refractivity contribution in [2.45, 2.75) is 37.7 Å². The van der Waals surface area contributed by atoms with Crippen LogP contribution in [0, 0.1) is 0 Å². The Labute approximate surface area is 171 Å². The maximum absolute atomic E-state index is 12.6. The second-order valence-electron chi connectivity index (χ2n) is 6.71. The van der Waals surface area contributed by atoms with Crippen molar-refractivity contribution in [3.8, 4) is 5.75 Å². The lowest BCUT2D eigenvalue weighted by Crippen LogP contribution is -2.71. The van der Waals surface area contributed by atoms with E-state index in [1.807, 2.05) is 0 Å². The summed E-state index contributed by atoms with van der Waals surface area (Å²) in [5.41, 5.74) is 7.02. The number of hydrogen-bond donors (Lipinski definition) is 3. The average molecular weight is 419 g/mol. The summed E-state index contributed by atoms with van der Waals surface area (Å²) in [6, 6.07) is 4.38. The summed E-state index contributed by atoms with van der Waals surface area (Å²) in [6.07, 6.45) is 0.211. The summed E-state index contributed by atoms with van der Waals surface area (Å²) in [5.74, 6) is -1.90. The maximum Gasteiger partial charge on any atom is 0.352 e. The summed E-state index contributed by atoms with van der Waals surface area (Å²) in [4.78, 5) is 49.1. The fourth-order valence-electron chi connectivity index (χ4n) is 3.14. The summed E-state index contributed by atoms with van der Waals surface area (Å²) >= 11 is 1.39. The smallest absolute Gasteiger partial charge is 0.352 e. The molecule has 2 amide bonds. The molecular weight excluding hydrogens is 398 g/mol. The van der Waals surface area contributed by atoms with E-state index in [0.29, 0.717) is 16.9 Å². The molecule has 2 heterocycles. The van der Waals surface area contributed by atoms with Gasteiger partial charge in [-0.15, -0.1) is 11.8 Å². The Morgan fingerprint density at radius 3 is 2.79 bits per heavy atom. The molecule has 1 saturated heterocycles. The van der Waals surface area contributed by atoms with E-state index in [0.717, 1.165) is 0 Å². The number of amides is 2. The highest BCUT2D eigenvalue weighted by Crippen LogP contribution is 2.40. The first-order valence-corrected chi connectivity index (χ1v) is 10.0. The SMILES string of the molecule is CCC(=O)Oc1cccc([C@@H](N)C(=O)NC2C(=O)N3C(C(=O)O)=C(C)CS[C@H]23)c1. The first-order valence-electron chi connectivity index (χ1n) is 8.99. The molecule has 0 bridgehead atoms. The molecule has 9 nitrogen and oxygen atoms in total. The predicted molar refractivity (Wildman–Crippen MR) is 105 cm³/mol. The molecule has 3 rings (SSSR count). The van der Waals surface area contributed by atoms with Crippen LogP contribution in [0.1, 0.15) is 31.9 Å². The third kappa shape index (κ3) is 3.99. The lowest BCUT2D eigenvalue weighted by Gasteiger charge is -2.49. The van der Waals surface area contributed by atoms with Crippen molar-refractivity contribution in [3.63, 3.8) is 0 Å². The number of thioether (sulfide) groups is 1. The Morgan fingerprint density at radius 1 is 1.41 bits per heavy atom. The number of fused-ring (bicyclic) bond motifs is 1. The van der Waals surface area contributed by atoms with Crippen LogP contribution in [0.4, 0.5) is 0 Å². The second-order valence-corrected chi connectivity index (χ2v) is 7.81. The van der Waals surface area contributed by atoms with Gasteiger partial charge in [0.05, 0.1) is 0 Å². The molecule has 1 unspecified atom stereocenters. The number of nitrogens with zero attached hydrogens (tertiary/aromatic N) is 1. The molecule has 2 aliphatic rings. The number of nitrogens with two attached hydrogens (primary N) is 1. The van der Waals surface area contributed by atoms with Crippen molar-refractivity contribution in [2.75, 3.05) is 5.75 Å². The molecule has 0 saturated carbocycles. The number of ether oxygens (including phenoxy) is 1. The van der Waals surface area contributed by atoms with Gasteiger partial charge in [-0.05, 0) is 30.2 Å². The molecule has 0 aromatic heterocycles. The largest absolute Gasteiger partial charge is 0.477 e. The zero-order valence-corrected chi connectivity index (χ0v) is 16.7. The molecule has 2 aliphatic heterocycles. The number of nitrogens with one attached hydrogen (secondary N) is 1. The van der Waals surface area contributed by atoms with Gasteiger partial charge in [-0.2, -0.15) is 0 Å². The van der Waals surface area contributed by atoms with Gasteiger partial charge >= 0.3 is 11.9 Å². The minimum absolute atomic E-state index is 0.0287. The monoisotopic (exact) mass is 419 g/mol. The molecule has 0 spiro atoms. The zero-order chi connectivity index (χ0) is 21.3. The number of aliphatic carboxylic acids is 1. The fraction of sp³-hybridized carbons (Fsp3) is 0.368. The van der Waals surface area contributed by atoms with Gasteiger partial charge in [0.2, 0.25) is 5.91 Å². The van der Waals surface area contributed by atoms with Crippen molar-refractivity contribution in [2.24, 2.45) is 5.73 Å². The molecule has 3 atom stereocenters. The van der Waals surface area contributed by atoms with Crippen LogP contribution in [0.3, 0.4) is 0 Å². The van der Waals surface area contributed by atoms with E-state index in [1.54, 1.807) is 32.0 Å². The number of rotatable bonds is 6. The van der Waals surface area contributed by atoms with Crippen LogP contribution < -0.4 is 15.8 Å². The van der Waals surface area contributed by atoms with E-state index in [-0.39, 0.29) is 17.9 Å². The van der Waals surface area contributed by atoms with Crippen LogP contribution >= 0.6 is 11.8 Å². The van der Waals surface area contributed by atoms with E-state index in [1.165, 1.54) is 22.7 Å². The molecule has 1 aromatic carbocycles. The minimum Gasteiger partial charge on any atom is -0.477 e. The Bertz CT molecular complexity index is 915. The van der Waals surface area contributed by atoms with Gasteiger partial charge < -0.3 is 20.9 Å². The highest BCUT2D eigenvalue weighted by molar-refractivity contribution is 8.00. The topological polar surface area (TPSA) is 139 Å². The first-order chi connectivity index (χ1) is 13.7. The quantitative estimate of drug-likeness (QED) is 0.349. The highest BCUT2D eigenvalue weighted by atomic mass is 32.2. The van der Waals surface area contributed by atoms with Gasteiger partial charge in [0, 0.05) is 12.2 Å². The van der Waals surface area contributed by atoms with Crippen molar-refractivity contribution < 1.29 is 29.0 Å². The van der Waals surface area contributed by atoms with Crippen LogP contribution in [0.15, 0.2) is 35.5 Å². The minimum atomic E-state index is -1.17. The van der Waals surface area contributed by atoms with Gasteiger partial charge in [-0.3, -0.25) is 19.3 Å². The van der Waals surface area contributed by atoms with Crippen LogP contribution in [0.2, 0.25) is 0 Å². The lowest BCUT2D eigenvalue weighted by molar-refractivity contribution is -0.150. The van der Waals surface area contributed by atoms with Crippen LogP contribution in [0.25, 0.3) is 0 Å². The fourth-order valence-corrected chi connectivity index (χ4v) is 4.44. The second kappa shape index (κ2) is 8.26. The van der Waals surface area contributed by atoms with E-state index >= 15 is 0 Å². The maximum atomic E-state index is 12.6. The van der Waals surface area contributed by atoms with Gasteiger partial charge in [0.15, 0.2) is 0 Å². The van der Waals surface area contributed by atoms with Crippen molar-refractivity contribution in [1.29, 1.82) is 0 Å². The Balaban J connectivity index is 1.69. The molecule has 4 N–H and O–H groups in total. The van der Waals surface area contributed by atoms with Crippen LogP contribution in [-0.4, -0.2) is 50.9 Å². The summed E-state index contributed by atoms with van der Waals surface area (Å²) in [5, 5.41) is 11.5. The van der Waals surface area contributed by atoms with Crippen molar-refractivity contribution in [1.82, 2.24) is 10.2 Å². The third-order valence-corrected chi connectivity index (χ3v) is 6.10. The molecule has 29 heavy (non-hydrogen) atoms. The average Bonchev–Trinajstić information content (AvgIpc) is 2.70. The Kier molecular flexibility index (Phi) is 5.94. The van der Waals surface area contributed by atoms with E-state index in [2.05, 4.69) is 5.32 Å². The number of benzene rings is 1. The number of hydrogen-bond acceptors (Lipinski definition) is 7. The van der Waals surface area contributed by atoms with Crippen molar-refractivity contribution in [3.05, 3.63) is 41.1 Å². The summed E-state index contributed by atoms with van der Waals surface area (Å²) < 4.78 is 5.13. The Hall–Kier alpha value is -2.85. The van der Waals surface area contributed by atoms with E-state index in [9.17, 15) is 24.3 Å². The van der Waals surface area contributed by atoms with Gasteiger partial charge in [-0.25, -0.2) is 4.79 Å². The number of carboxylic acid groups (broad SMARTS) is 1. The highest BCUT2D eigenvalue weighted by Gasteiger charge is 2.53. The molecule has 1 aromatic rings. The number of carbonyl (C=O) groups is 4. The predicted octanol–water partition coefficient (Wildman–Crippen LogP) is 0.760. The molecular formula is C19H21N3O6S. The van der Waals surface area contributed by atoms with Gasteiger partial charge in [0.1, 0.15) is 28.9 Å². The van der Waals surface area contributed by atoms with Crippen molar-refractivity contribution >= 4 is 35.5 Å². The number of esters is 1. The normalized spacial score (nSPS) is 21.8. The van der Waals surface area contributed by atoms with E-state index in [4.69, 9.17) is 10.5 Å². The van der Waals surface area contributed by atoms with Gasteiger partial charge in [0.25, 0.3) is 5.91 Å². The first kappa shape index (κ1) is 20.9. The third-order valence-electron chi connectivity index (χ3n) is 4.68. The van der Waals surface area contributed by atoms with Crippen LogP contribution in [-0.2, 0) is 19.2 Å². The molecule has 10 heteroatoms. The molecule has 1 fully saturated rings. The number of carboxylic acids is 1. The summed E-state index contributed by atoms with van der Waals surface area (Å²) in [6.45, 7) is 3.33. The lowest BCUT2D eigenvalue weighted by atomic mass is 10.0. The number of carbonyl (C=O) groups excluding carboxylic acids is 3. The molecule has 154 valence electrons. The standard InChI is InChI=1S/C19H21N3O6S/c1-3-12(23)28-11-6-4-5-10(7-11)13(20)16(24)21-14-17(25)22-15(19(26)27)9(2)8-29-18(14)22/h4-7,13-14,18H,3,8,20H2,1-2H3,(H,21,24)(H,26,27)/t13-,14?,18-/m1/s1. The van der Waals surface area contributed by atoms with Gasteiger partial charge in [-0.1, -0.05) is 19.1 Å². The van der Waals surface area contributed by atoms with Crippen LogP contribution in [0.5, 0.6) is 5.75 Å². The number of β-lactam (4-membered cyclic amide) rings is 1.